The molecule has 29 heavy (non-hydrogen) atoms. The van der Waals surface area contributed by atoms with Gasteiger partial charge in [0.25, 0.3) is 5.91 Å². The second-order valence-corrected chi connectivity index (χ2v) is 8.37. The predicted molar refractivity (Wildman–Crippen MR) is 115 cm³/mol. The van der Waals surface area contributed by atoms with Crippen molar-refractivity contribution in [3.63, 3.8) is 0 Å². The Balaban J connectivity index is 1.52. The van der Waals surface area contributed by atoms with E-state index in [1.807, 2.05) is 47.4 Å². The van der Waals surface area contributed by atoms with Crippen LogP contribution >= 0.6 is 0 Å². The molecule has 2 aromatic carbocycles. The summed E-state index contributed by atoms with van der Waals surface area (Å²) in [4.78, 5) is 30.1. The number of benzene rings is 2. The Bertz CT molecular complexity index is 933. The third kappa shape index (κ3) is 3.98. The molecular formula is C25H28N2O2. The maximum Gasteiger partial charge on any atom is 0.255 e. The largest absolute Gasteiger partial charge is 0.337 e. The first kappa shape index (κ1) is 19.4. The Labute approximate surface area is 172 Å². The fourth-order valence-corrected chi connectivity index (χ4v) is 4.33. The summed E-state index contributed by atoms with van der Waals surface area (Å²) in [5, 5.41) is 0. The number of rotatable bonds is 5. The molecule has 2 aliphatic rings. The summed E-state index contributed by atoms with van der Waals surface area (Å²) in [7, 11) is 0. The number of carbonyl (C=O) groups excluding carboxylic acids is 2. The number of hydrogen-bond donors (Lipinski definition) is 0. The fraction of sp³-hybridized carbons (Fsp3) is 0.360. The summed E-state index contributed by atoms with van der Waals surface area (Å²) in [5.41, 5.74) is 4.27. The Morgan fingerprint density at radius 1 is 1.03 bits per heavy atom. The minimum absolute atomic E-state index is 0.0165. The maximum absolute atomic E-state index is 13.5. The van der Waals surface area contributed by atoms with E-state index in [4.69, 9.17) is 0 Å². The van der Waals surface area contributed by atoms with Gasteiger partial charge >= 0.3 is 0 Å². The molecule has 0 fully saturated rings. The zero-order valence-electron chi connectivity index (χ0n) is 17.2. The second kappa shape index (κ2) is 8.24. The van der Waals surface area contributed by atoms with Crippen LogP contribution in [0.15, 0.2) is 60.7 Å². The van der Waals surface area contributed by atoms with E-state index in [0.29, 0.717) is 32.0 Å². The molecular weight excluding hydrogens is 360 g/mol. The Hall–Kier alpha value is -2.88. The van der Waals surface area contributed by atoms with Gasteiger partial charge in [0.2, 0.25) is 5.91 Å². The lowest BCUT2D eigenvalue weighted by Crippen LogP contribution is -2.50. The van der Waals surface area contributed by atoms with Crippen molar-refractivity contribution >= 4 is 17.4 Å². The second-order valence-electron chi connectivity index (χ2n) is 8.37. The summed E-state index contributed by atoms with van der Waals surface area (Å²) < 4.78 is 0. The van der Waals surface area contributed by atoms with Gasteiger partial charge in [-0.1, -0.05) is 68.5 Å². The maximum atomic E-state index is 13.5. The Morgan fingerprint density at radius 2 is 1.76 bits per heavy atom. The van der Waals surface area contributed by atoms with Crippen molar-refractivity contribution in [1.29, 1.82) is 0 Å². The Kier molecular flexibility index (Phi) is 5.52. The van der Waals surface area contributed by atoms with Crippen LogP contribution in [0, 0.1) is 5.92 Å². The summed E-state index contributed by atoms with van der Waals surface area (Å²) >= 11 is 0. The quantitative estimate of drug-likeness (QED) is 0.763. The third-order valence-corrected chi connectivity index (χ3v) is 5.87. The van der Waals surface area contributed by atoms with Crippen LogP contribution in [-0.2, 0) is 11.3 Å². The van der Waals surface area contributed by atoms with E-state index in [-0.39, 0.29) is 11.8 Å². The summed E-state index contributed by atoms with van der Waals surface area (Å²) in [5.74, 6) is 0.390. The van der Waals surface area contributed by atoms with Crippen LogP contribution in [0.4, 0.5) is 0 Å². The highest BCUT2D eigenvalue weighted by atomic mass is 16.2. The van der Waals surface area contributed by atoms with Gasteiger partial charge in [-0.2, -0.15) is 0 Å². The highest BCUT2D eigenvalue weighted by molar-refractivity contribution is 6.01. The fourth-order valence-electron chi connectivity index (χ4n) is 4.33. The van der Waals surface area contributed by atoms with Gasteiger partial charge in [0, 0.05) is 25.2 Å². The first-order chi connectivity index (χ1) is 14.0. The smallest absolute Gasteiger partial charge is 0.255 e. The molecule has 0 saturated carbocycles. The standard InChI is InChI=1S/C25H28N2O2/c1-18(2)16-23(27-17-21-10-6-7-11-22(21)24(27)28)25(29)26-14-12-20(13-15-26)19-8-4-3-5-9-19/h3-12,18,23H,13-17H2,1-2H3. The number of hydrogen-bond acceptors (Lipinski definition) is 2. The molecule has 150 valence electrons. The minimum Gasteiger partial charge on any atom is -0.337 e. The first-order valence-corrected chi connectivity index (χ1v) is 10.5. The van der Waals surface area contributed by atoms with Crippen molar-refractivity contribution in [2.45, 2.75) is 39.3 Å². The van der Waals surface area contributed by atoms with Crippen molar-refractivity contribution in [2.75, 3.05) is 13.1 Å². The molecule has 2 aromatic rings. The zero-order chi connectivity index (χ0) is 20.4. The van der Waals surface area contributed by atoms with E-state index < -0.39 is 6.04 Å². The first-order valence-electron chi connectivity index (χ1n) is 10.5. The van der Waals surface area contributed by atoms with E-state index in [1.165, 1.54) is 11.1 Å². The molecule has 2 aliphatic heterocycles. The van der Waals surface area contributed by atoms with Gasteiger partial charge in [0.1, 0.15) is 6.04 Å². The van der Waals surface area contributed by atoms with Crippen molar-refractivity contribution < 1.29 is 9.59 Å². The zero-order valence-corrected chi connectivity index (χ0v) is 17.2. The Morgan fingerprint density at radius 3 is 2.41 bits per heavy atom. The number of amides is 2. The van der Waals surface area contributed by atoms with Gasteiger partial charge in [-0.15, -0.1) is 0 Å². The molecule has 0 aromatic heterocycles. The molecule has 4 heteroatoms. The number of carbonyl (C=O) groups is 2. The van der Waals surface area contributed by atoms with E-state index in [2.05, 4.69) is 32.1 Å². The molecule has 1 atom stereocenters. The molecule has 1 unspecified atom stereocenters. The van der Waals surface area contributed by atoms with Crippen LogP contribution in [0.3, 0.4) is 0 Å². The SMILES string of the molecule is CC(C)CC(C(=O)N1CC=C(c2ccccc2)CC1)N1Cc2ccccc2C1=O. The van der Waals surface area contributed by atoms with Crippen LogP contribution in [-0.4, -0.2) is 40.7 Å². The monoisotopic (exact) mass is 388 g/mol. The van der Waals surface area contributed by atoms with E-state index in [0.717, 1.165) is 17.5 Å². The number of fused-ring (bicyclic) bond motifs is 1. The van der Waals surface area contributed by atoms with Gasteiger partial charge in [-0.25, -0.2) is 0 Å². The topological polar surface area (TPSA) is 40.6 Å². The third-order valence-electron chi connectivity index (χ3n) is 5.87. The van der Waals surface area contributed by atoms with Crippen LogP contribution in [0.1, 0.15) is 48.2 Å². The van der Waals surface area contributed by atoms with E-state index in [9.17, 15) is 9.59 Å². The van der Waals surface area contributed by atoms with Crippen molar-refractivity contribution in [3.8, 4) is 0 Å². The van der Waals surface area contributed by atoms with Gasteiger partial charge in [-0.3, -0.25) is 9.59 Å². The summed E-state index contributed by atoms with van der Waals surface area (Å²) in [6, 6.07) is 17.6. The molecule has 4 nitrogen and oxygen atoms in total. The highest BCUT2D eigenvalue weighted by Crippen LogP contribution is 2.29. The van der Waals surface area contributed by atoms with Crippen LogP contribution < -0.4 is 0 Å². The van der Waals surface area contributed by atoms with Crippen molar-refractivity contribution in [1.82, 2.24) is 9.80 Å². The lowest BCUT2D eigenvalue weighted by atomic mass is 9.97. The van der Waals surface area contributed by atoms with Gasteiger partial charge in [0.15, 0.2) is 0 Å². The lowest BCUT2D eigenvalue weighted by Gasteiger charge is -2.35. The molecule has 0 bridgehead atoms. The van der Waals surface area contributed by atoms with Crippen LogP contribution in [0.5, 0.6) is 0 Å². The molecule has 0 N–H and O–H groups in total. The summed E-state index contributed by atoms with van der Waals surface area (Å²) in [6.45, 7) is 6.04. The molecule has 0 saturated heterocycles. The normalized spacial score (nSPS) is 17.3. The molecule has 0 radical (unpaired) electrons. The van der Waals surface area contributed by atoms with Crippen molar-refractivity contribution in [3.05, 3.63) is 77.4 Å². The molecule has 0 aliphatic carbocycles. The van der Waals surface area contributed by atoms with Gasteiger partial charge < -0.3 is 9.80 Å². The summed E-state index contributed by atoms with van der Waals surface area (Å²) in [6.07, 6.45) is 3.69. The lowest BCUT2D eigenvalue weighted by molar-refractivity contribution is -0.136. The average Bonchev–Trinajstić information content (AvgIpc) is 3.09. The van der Waals surface area contributed by atoms with Gasteiger partial charge in [-0.05, 0) is 41.5 Å². The minimum atomic E-state index is -0.401. The number of nitrogens with zero attached hydrogens (tertiary/aromatic N) is 2. The molecule has 2 heterocycles. The molecule has 2 amide bonds. The highest BCUT2D eigenvalue weighted by Gasteiger charge is 2.38. The van der Waals surface area contributed by atoms with E-state index >= 15 is 0 Å². The van der Waals surface area contributed by atoms with Crippen molar-refractivity contribution in [2.24, 2.45) is 5.92 Å². The van der Waals surface area contributed by atoms with Crippen LogP contribution in [0.2, 0.25) is 0 Å². The molecule has 0 spiro atoms. The van der Waals surface area contributed by atoms with Gasteiger partial charge in [0.05, 0.1) is 0 Å². The predicted octanol–water partition coefficient (Wildman–Crippen LogP) is 4.37. The van der Waals surface area contributed by atoms with Crippen LogP contribution in [0.25, 0.3) is 5.57 Å². The molecule has 4 rings (SSSR count). The average molecular weight is 389 g/mol. The van der Waals surface area contributed by atoms with E-state index in [1.54, 1.807) is 4.90 Å².